The Morgan fingerprint density at radius 2 is 2.08 bits per heavy atom. The molecule has 0 aliphatic carbocycles. The summed E-state index contributed by atoms with van der Waals surface area (Å²) in [5.74, 6) is 0.357. The first-order valence-corrected chi connectivity index (χ1v) is 8.14. The SMILES string of the molecule is CN[C@H](c1nc2cc(-c3ccnc(F)c3)sc2c(=O)[nH]1)C(C)C.Cl. The normalized spacial score (nSPS) is 12.4. The minimum Gasteiger partial charge on any atom is -0.310 e. The summed E-state index contributed by atoms with van der Waals surface area (Å²) in [4.78, 5) is 24.1. The maximum Gasteiger partial charge on any atom is 0.268 e. The highest BCUT2D eigenvalue weighted by atomic mass is 35.5. The van der Waals surface area contributed by atoms with Crippen molar-refractivity contribution < 1.29 is 4.39 Å². The molecule has 0 unspecified atom stereocenters. The Morgan fingerprint density at radius 3 is 2.71 bits per heavy atom. The minimum absolute atomic E-state index is 0. The predicted octanol–water partition coefficient (Wildman–Crippen LogP) is 3.52. The predicted molar refractivity (Wildman–Crippen MR) is 97.3 cm³/mol. The molecule has 0 spiro atoms. The lowest BCUT2D eigenvalue weighted by Crippen LogP contribution is -2.26. The van der Waals surface area contributed by atoms with Gasteiger partial charge in [-0.15, -0.1) is 23.7 Å². The van der Waals surface area contributed by atoms with Crippen LogP contribution in [-0.4, -0.2) is 22.0 Å². The first kappa shape index (κ1) is 18.5. The maximum atomic E-state index is 13.3. The van der Waals surface area contributed by atoms with Gasteiger partial charge in [-0.25, -0.2) is 9.97 Å². The summed E-state index contributed by atoms with van der Waals surface area (Å²) < 4.78 is 13.8. The Balaban J connectivity index is 0.00000208. The van der Waals surface area contributed by atoms with Crippen LogP contribution in [0.5, 0.6) is 0 Å². The van der Waals surface area contributed by atoms with Crippen LogP contribution in [0.3, 0.4) is 0 Å². The van der Waals surface area contributed by atoms with Crippen LogP contribution in [0.2, 0.25) is 0 Å². The summed E-state index contributed by atoms with van der Waals surface area (Å²) in [6, 6.07) is 4.85. The summed E-state index contributed by atoms with van der Waals surface area (Å²) in [6.07, 6.45) is 1.41. The van der Waals surface area contributed by atoms with Crippen LogP contribution >= 0.6 is 23.7 Å². The van der Waals surface area contributed by atoms with Crippen molar-refractivity contribution in [2.45, 2.75) is 19.9 Å². The highest BCUT2D eigenvalue weighted by molar-refractivity contribution is 7.22. The Hall–Kier alpha value is -1.83. The van der Waals surface area contributed by atoms with Gasteiger partial charge in [0.1, 0.15) is 10.5 Å². The molecule has 0 fully saturated rings. The topological polar surface area (TPSA) is 70.7 Å². The molecular formula is C16H18ClFN4OS. The van der Waals surface area contributed by atoms with Gasteiger partial charge in [-0.3, -0.25) is 4.79 Å². The number of nitrogens with zero attached hydrogens (tertiary/aromatic N) is 2. The van der Waals surface area contributed by atoms with E-state index >= 15 is 0 Å². The van der Waals surface area contributed by atoms with Gasteiger partial charge in [0.25, 0.3) is 5.56 Å². The number of H-pyrrole nitrogens is 1. The van der Waals surface area contributed by atoms with E-state index in [-0.39, 0.29) is 29.9 Å². The van der Waals surface area contributed by atoms with Crippen molar-refractivity contribution in [2.24, 2.45) is 5.92 Å². The number of halogens is 2. The van der Waals surface area contributed by atoms with E-state index in [1.807, 2.05) is 13.1 Å². The van der Waals surface area contributed by atoms with E-state index in [1.165, 1.54) is 23.6 Å². The highest BCUT2D eigenvalue weighted by Gasteiger charge is 2.18. The molecule has 3 aromatic rings. The molecule has 0 aromatic carbocycles. The van der Waals surface area contributed by atoms with Gasteiger partial charge >= 0.3 is 0 Å². The molecule has 8 heteroatoms. The zero-order valence-corrected chi connectivity index (χ0v) is 15.1. The van der Waals surface area contributed by atoms with Crippen molar-refractivity contribution in [1.29, 1.82) is 0 Å². The van der Waals surface area contributed by atoms with Crippen LogP contribution in [0, 0.1) is 11.9 Å². The summed E-state index contributed by atoms with van der Waals surface area (Å²) >= 11 is 1.30. The van der Waals surface area contributed by atoms with Crippen LogP contribution in [0.25, 0.3) is 20.7 Å². The van der Waals surface area contributed by atoms with E-state index in [0.717, 1.165) is 4.88 Å². The number of pyridine rings is 1. The zero-order valence-electron chi connectivity index (χ0n) is 13.5. The lowest BCUT2D eigenvalue weighted by Gasteiger charge is -2.18. The Morgan fingerprint density at radius 1 is 1.33 bits per heavy atom. The molecule has 0 amide bonds. The number of rotatable bonds is 4. The quantitative estimate of drug-likeness (QED) is 0.691. The average Bonchev–Trinajstić information content (AvgIpc) is 2.92. The van der Waals surface area contributed by atoms with E-state index < -0.39 is 5.95 Å². The van der Waals surface area contributed by atoms with Crippen molar-refractivity contribution in [2.75, 3.05) is 7.05 Å². The maximum absolute atomic E-state index is 13.3. The third-order valence-electron chi connectivity index (χ3n) is 3.68. The minimum atomic E-state index is -0.544. The van der Waals surface area contributed by atoms with Crippen molar-refractivity contribution in [3.63, 3.8) is 0 Å². The molecule has 0 saturated heterocycles. The molecule has 24 heavy (non-hydrogen) atoms. The van der Waals surface area contributed by atoms with Crippen LogP contribution in [0.4, 0.5) is 4.39 Å². The molecule has 128 valence electrons. The lowest BCUT2D eigenvalue weighted by atomic mass is 10.0. The second-order valence-electron chi connectivity index (χ2n) is 5.65. The van der Waals surface area contributed by atoms with E-state index in [0.29, 0.717) is 21.6 Å². The van der Waals surface area contributed by atoms with Gasteiger partial charge in [-0.05, 0) is 30.7 Å². The van der Waals surface area contributed by atoms with Gasteiger partial charge in [0.05, 0.1) is 11.6 Å². The molecule has 2 N–H and O–H groups in total. The second kappa shape index (κ2) is 7.38. The zero-order chi connectivity index (χ0) is 16.6. The fourth-order valence-corrected chi connectivity index (χ4v) is 3.58. The molecule has 0 radical (unpaired) electrons. The number of hydrogen-bond acceptors (Lipinski definition) is 5. The number of thiophene rings is 1. The molecule has 3 rings (SSSR count). The number of aromatic amines is 1. The van der Waals surface area contributed by atoms with Crippen molar-refractivity contribution in [1.82, 2.24) is 20.3 Å². The van der Waals surface area contributed by atoms with Gasteiger partial charge in [-0.2, -0.15) is 4.39 Å². The third-order valence-corrected chi connectivity index (χ3v) is 4.86. The average molecular weight is 369 g/mol. The van der Waals surface area contributed by atoms with Crippen LogP contribution in [0.15, 0.2) is 29.2 Å². The van der Waals surface area contributed by atoms with Crippen molar-refractivity contribution in [3.05, 3.63) is 46.5 Å². The number of hydrogen-bond donors (Lipinski definition) is 2. The Kier molecular flexibility index (Phi) is 5.69. The molecule has 1 atom stereocenters. The monoisotopic (exact) mass is 368 g/mol. The van der Waals surface area contributed by atoms with E-state index in [4.69, 9.17) is 0 Å². The molecule has 5 nitrogen and oxygen atoms in total. The first-order chi connectivity index (χ1) is 11.0. The fourth-order valence-electron chi connectivity index (χ4n) is 2.59. The molecule has 0 aliphatic rings. The summed E-state index contributed by atoms with van der Waals surface area (Å²) in [6.45, 7) is 4.12. The van der Waals surface area contributed by atoms with Crippen molar-refractivity contribution >= 4 is 34.0 Å². The van der Waals surface area contributed by atoms with Gasteiger partial charge < -0.3 is 10.3 Å². The summed E-state index contributed by atoms with van der Waals surface area (Å²) in [7, 11) is 1.84. The fraction of sp³-hybridized carbons (Fsp3) is 0.312. The number of fused-ring (bicyclic) bond motifs is 1. The van der Waals surface area contributed by atoms with E-state index in [2.05, 4.69) is 34.1 Å². The van der Waals surface area contributed by atoms with Gasteiger partial charge in [0.15, 0.2) is 0 Å². The standard InChI is InChI=1S/C16H17FN4OS.ClH/c1-8(2)13(18-3)15-20-10-7-11(23-14(10)16(22)21-15)9-4-5-19-12(17)6-9;/h4-8,13,18H,1-3H3,(H,20,21,22);1H/t13-;/m0./s1. The van der Waals surface area contributed by atoms with E-state index in [1.54, 1.807) is 6.07 Å². The lowest BCUT2D eigenvalue weighted by molar-refractivity contribution is 0.423. The summed E-state index contributed by atoms with van der Waals surface area (Å²) in [5, 5.41) is 3.17. The number of aromatic nitrogens is 3. The van der Waals surface area contributed by atoms with Gasteiger partial charge in [-0.1, -0.05) is 13.8 Å². The highest BCUT2D eigenvalue weighted by Crippen LogP contribution is 2.31. The van der Waals surface area contributed by atoms with E-state index in [9.17, 15) is 9.18 Å². The molecule has 0 saturated carbocycles. The molecular weight excluding hydrogens is 351 g/mol. The Labute approximate surface area is 148 Å². The first-order valence-electron chi connectivity index (χ1n) is 7.32. The summed E-state index contributed by atoms with van der Waals surface area (Å²) in [5.41, 5.74) is 1.15. The Bertz CT molecular complexity index is 908. The molecule has 0 aliphatic heterocycles. The third kappa shape index (κ3) is 3.48. The number of nitrogens with one attached hydrogen (secondary N) is 2. The molecule has 3 heterocycles. The largest absolute Gasteiger partial charge is 0.310 e. The van der Waals surface area contributed by atoms with Crippen LogP contribution in [0.1, 0.15) is 25.7 Å². The van der Waals surface area contributed by atoms with Gasteiger partial charge in [0, 0.05) is 17.1 Å². The molecule has 3 aromatic heterocycles. The second-order valence-corrected chi connectivity index (χ2v) is 6.71. The van der Waals surface area contributed by atoms with Gasteiger partial charge in [0.2, 0.25) is 5.95 Å². The van der Waals surface area contributed by atoms with Crippen LogP contribution in [-0.2, 0) is 0 Å². The smallest absolute Gasteiger partial charge is 0.268 e. The molecule has 0 bridgehead atoms. The van der Waals surface area contributed by atoms with Crippen LogP contribution < -0.4 is 10.9 Å². The van der Waals surface area contributed by atoms with Crippen molar-refractivity contribution in [3.8, 4) is 10.4 Å².